The van der Waals surface area contributed by atoms with Gasteiger partial charge in [0.05, 0.1) is 18.4 Å². The van der Waals surface area contributed by atoms with Crippen LogP contribution in [0.5, 0.6) is 0 Å². The number of piperidine rings is 1. The van der Waals surface area contributed by atoms with Gasteiger partial charge in [-0.15, -0.1) is 0 Å². The number of aromatic nitrogens is 3. The lowest BCUT2D eigenvalue weighted by Gasteiger charge is -2.36. The fraction of sp³-hybridized carbons (Fsp3) is 0.412. The van der Waals surface area contributed by atoms with E-state index >= 15 is 0 Å². The Labute approximate surface area is 141 Å². The van der Waals surface area contributed by atoms with Crippen molar-refractivity contribution in [1.82, 2.24) is 19.3 Å². The van der Waals surface area contributed by atoms with Crippen molar-refractivity contribution in [2.75, 3.05) is 0 Å². The smallest absolute Gasteiger partial charge is 0.207 e. The lowest BCUT2D eigenvalue weighted by Crippen LogP contribution is -2.46. The van der Waals surface area contributed by atoms with Gasteiger partial charge in [0.2, 0.25) is 10.0 Å². The van der Waals surface area contributed by atoms with Crippen LogP contribution in [-0.2, 0) is 10.0 Å². The Hall–Kier alpha value is -1.99. The minimum Gasteiger partial charge on any atom is -0.207 e. The predicted molar refractivity (Wildman–Crippen MR) is 91.3 cm³/mol. The Balaban J connectivity index is 1.53. The molecule has 0 N–H and O–H groups in total. The van der Waals surface area contributed by atoms with Crippen LogP contribution in [0.15, 0.2) is 48.1 Å². The first-order chi connectivity index (χ1) is 11.6. The summed E-state index contributed by atoms with van der Waals surface area (Å²) in [7, 11) is -3.41. The van der Waals surface area contributed by atoms with Crippen LogP contribution in [0.25, 0.3) is 6.08 Å². The molecule has 4 rings (SSSR count). The van der Waals surface area contributed by atoms with Crippen molar-refractivity contribution in [2.45, 2.75) is 43.8 Å². The minimum atomic E-state index is -3.41. The van der Waals surface area contributed by atoms with Crippen LogP contribution in [0.4, 0.5) is 0 Å². The Morgan fingerprint density at radius 2 is 1.58 bits per heavy atom. The van der Waals surface area contributed by atoms with Crippen molar-refractivity contribution >= 4 is 16.1 Å². The van der Waals surface area contributed by atoms with E-state index in [0.717, 1.165) is 31.2 Å². The molecule has 126 valence electrons. The Morgan fingerprint density at radius 1 is 0.958 bits per heavy atom. The molecule has 2 aromatic rings. The lowest BCUT2D eigenvalue weighted by molar-refractivity contribution is 0.176. The van der Waals surface area contributed by atoms with E-state index in [0.29, 0.717) is 0 Å². The maximum absolute atomic E-state index is 12.8. The van der Waals surface area contributed by atoms with Crippen LogP contribution in [0.2, 0.25) is 0 Å². The molecular formula is C17H20N4O2S. The molecule has 1 aromatic heterocycles. The summed E-state index contributed by atoms with van der Waals surface area (Å²) in [5.41, 5.74) is 0.893. The van der Waals surface area contributed by atoms with Gasteiger partial charge in [-0.05, 0) is 37.3 Å². The predicted octanol–water partition coefficient (Wildman–Crippen LogP) is 2.45. The van der Waals surface area contributed by atoms with E-state index < -0.39 is 10.0 Å². The molecule has 0 amide bonds. The summed E-state index contributed by atoms with van der Waals surface area (Å²) in [5, 5.41) is 9.79. The summed E-state index contributed by atoms with van der Waals surface area (Å²) in [6, 6.07) is 9.81. The van der Waals surface area contributed by atoms with Gasteiger partial charge in [0.25, 0.3) is 0 Å². The Bertz CT molecular complexity index is 804. The molecule has 2 bridgehead atoms. The van der Waals surface area contributed by atoms with E-state index in [4.69, 9.17) is 0 Å². The molecule has 0 saturated carbocycles. The highest BCUT2D eigenvalue weighted by molar-refractivity contribution is 7.92. The molecule has 24 heavy (non-hydrogen) atoms. The van der Waals surface area contributed by atoms with Gasteiger partial charge in [-0.1, -0.05) is 30.3 Å². The molecule has 2 aliphatic rings. The highest BCUT2D eigenvalue weighted by atomic mass is 32.2. The molecular weight excluding hydrogens is 324 g/mol. The normalized spacial score (nSPS) is 27.8. The van der Waals surface area contributed by atoms with Crippen LogP contribution in [0.1, 0.15) is 37.3 Å². The highest BCUT2D eigenvalue weighted by Gasteiger charge is 2.46. The third kappa shape index (κ3) is 2.89. The van der Waals surface area contributed by atoms with Gasteiger partial charge in [0.15, 0.2) is 0 Å². The molecule has 3 heterocycles. The van der Waals surface area contributed by atoms with Crippen molar-refractivity contribution in [3.05, 3.63) is 53.7 Å². The molecule has 0 spiro atoms. The SMILES string of the molecule is O=S(=O)(/C=C/c1ccccc1)N1[C@H]2CC[C@H]1CC(n1nccn1)C2. The van der Waals surface area contributed by atoms with Crippen LogP contribution < -0.4 is 0 Å². The molecule has 0 unspecified atom stereocenters. The van der Waals surface area contributed by atoms with Gasteiger partial charge < -0.3 is 0 Å². The first-order valence-electron chi connectivity index (χ1n) is 8.26. The molecule has 7 heteroatoms. The summed E-state index contributed by atoms with van der Waals surface area (Å²) in [4.78, 5) is 1.73. The molecule has 0 aliphatic carbocycles. The third-order valence-corrected chi connectivity index (χ3v) is 6.59. The van der Waals surface area contributed by atoms with E-state index in [1.165, 1.54) is 5.41 Å². The quantitative estimate of drug-likeness (QED) is 0.854. The Kier molecular flexibility index (Phi) is 3.97. The van der Waals surface area contributed by atoms with E-state index in [1.54, 1.807) is 27.6 Å². The van der Waals surface area contributed by atoms with Gasteiger partial charge in [-0.25, -0.2) is 8.42 Å². The average molecular weight is 344 g/mol. The van der Waals surface area contributed by atoms with Crippen LogP contribution in [0.3, 0.4) is 0 Å². The van der Waals surface area contributed by atoms with Gasteiger partial charge in [-0.2, -0.15) is 19.3 Å². The summed E-state index contributed by atoms with van der Waals surface area (Å²) in [6.45, 7) is 0. The molecule has 6 nitrogen and oxygen atoms in total. The van der Waals surface area contributed by atoms with Gasteiger partial charge in [0.1, 0.15) is 0 Å². The van der Waals surface area contributed by atoms with Gasteiger partial charge in [-0.3, -0.25) is 0 Å². The molecule has 2 atom stereocenters. The van der Waals surface area contributed by atoms with Crippen LogP contribution >= 0.6 is 0 Å². The number of sulfonamides is 1. The second-order valence-corrected chi connectivity index (χ2v) is 8.17. The van der Waals surface area contributed by atoms with Crippen molar-refractivity contribution < 1.29 is 8.42 Å². The van der Waals surface area contributed by atoms with Crippen LogP contribution in [-0.4, -0.2) is 39.8 Å². The minimum absolute atomic E-state index is 0.0465. The number of benzene rings is 1. The number of nitrogens with zero attached hydrogens (tertiary/aromatic N) is 4. The number of fused-ring (bicyclic) bond motifs is 2. The zero-order valence-electron chi connectivity index (χ0n) is 13.3. The first-order valence-corrected chi connectivity index (χ1v) is 9.76. The van der Waals surface area contributed by atoms with E-state index in [-0.39, 0.29) is 18.1 Å². The molecule has 1 aromatic carbocycles. The average Bonchev–Trinajstić information content (AvgIpc) is 3.21. The Morgan fingerprint density at radius 3 is 2.21 bits per heavy atom. The third-order valence-electron chi connectivity index (χ3n) is 4.93. The molecule has 0 radical (unpaired) electrons. The van der Waals surface area contributed by atoms with Crippen molar-refractivity contribution in [1.29, 1.82) is 0 Å². The number of hydrogen-bond donors (Lipinski definition) is 0. The summed E-state index contributed by atoms with van der Waals surface area (Å²) >= 11 is 0. The van der Waals surface area contributed by atoms with E-state index in [9.17, 15) is 8.42 Å². The number of hydrogen-bond acceptors (Lipinski definition) is 4. The second-order valence-electron chi connectivity index (χ2n) is 6.45. The number of rotatable bonds is 4. The fourth-order valence-corrected chi connectivity index (χ4v) is 5.61. The zero-order valence-corrected chi connectivity index (χ0v) is 14.1. The zero-order chi connectivity index (χ0) is 16.6. The fourth-order valence-electron chi connectivity index (χ4n) is 3.92. The lowest BCUT2D eigenvalue weighted by atomic mass is 10.0. The molecule has 2 saturated heterocycles. The monoisotopic (exact) mass is 344 g/mol. The van der Waals surface area contributed by atoms with E-state index in [2.05, 4.69) is 10.2 Å². The molecule has 2 aliphatic heterocycles. The maximum Gasteiger partial charge on any atom is 0.236 e. The topological polar surface area (TPSA) is 68.1 Å². The first kappa shape index (κ1) is 15.5. The summed E-state index contributed by atoms with van der Waals surface area (Å²) in [5.74, 6) is 0. The van der Waals surface area contributed by atoms with Crippen molar-refractivity contribution in [3.63, 3.8) is 0 Å². The van der Waals surface area contributed by atoms with Crippen LogP contribution in [0, 0.1) is 0 Å². The summed E-state index contributed by atoms with van der Waals surface area (Å²) in [6.07, 6.45) is 8.42. The standard InChI is InChI=1S/C17H20N4O2S/c22-24(23,11-8-14-4-2-1-3-5-14)20-15-6-7-16(20)13-17(12-15)21-18-9-10-19-21/h1-5,8-11,15-17H,6-7,12-13H2/b11-8+/t15-,16-/m0/s1. The van der Waals surface area contributed by atoms with Gasteiger partial charge >= 0.3 is 0 Å². The molecule has 2 fully saturated rings. The summed E-state index contributed by atoms with van der Waals surface area (Å²) < 4.78 is 27.3. The maximum atomic E-state index is 12.8. The largest absolute Gasteiger partial charge is 0.236 e. The van der Waals surface area contributed by atoms with Crippen molar-refractivity contribution in [2.24, 2.45) is 0 Å². The second kappa shape index (κ2) is 6.14. The van der Waals surface area contributed by atoms with Crippen molar-refractivity contribution in [3.8, 4) is 0 Å². The highest BCUT2D eigenvalue weighted by Crippen LogP contribution is 2.42. The van der Waals surface area contributed by atoms with Gasteiger partial charge in [0, 0.05) is 17.5 Å². The van der Waals surface area contributed by atoms with E-state index in [1.807, 2.05) is 30.3 Å².